The van der Waals surface area contributed by atoms with Gasteiger partial charge in [0.2, 0.25) is 5.54 Å². The molecule has 0 saturated heterocycles. The summed E-state index contributed by atoms with van der Waals surface area (Å²) in [5.41, 5.74) is -4.35. The smallest absolute Gasteiger partial charge is 0.382 e. The second kappa shape index (κ2) is 14.8. The Bertz CT molecular complexity index is 1410. The molecule has 15 heteroatoms. The van der Waals surface area contributed by atoms with Crippen molar-refractivity contribution in [3.63, 3.8) is 0 Å². The highest BCUT2D eigenvalue weighted by Crippen LogP contribution is 2.24. The van der Waals surface area contributed by atoms with Gasteiger partial charge in [-0.1, -0.05) is 29.4 Å². The van der Waals surface area contributed by atoms with Crippen molar-refractivity contribution in [1.82, 2.24) is 0 Å². The van der Waals surface area contributed by atoms with E-state index in [1.165, 1.54) is 48.5 Å². The molecule has 2 aromatic rings. The predicted octanol–water partition coefficient (Wildman–Crippen LogP) is 3.16. The van der Waals surface area contributed by atoms with Gasteiger partial charge in [-0.15, -0.1) is 9.81 Å². The number of para-hydroxylation sites is 2. The van der Waals surface area contributed by atoms with Gasteiger partial charge in [-0.2, -0.15) is 0 Å². The van der Waals surface area contributed by atoms with E-state index in [0.717, 1.165) is 27.7 Å². The van der Waals surface area contributed by atoms with Crippen molar-refractivity contribution >= 4 is 41.2 Å². The molecule has 0 heterocycles. The lowest BCUT2D eigenvalue weighted by Crippen LogP contribution is -2.42. The second-order valence-corrected chi connectivity index (χ2v) is 9.01. The van der Waals surface area contributed by atoms with Crippen LogP contribution in [0.3, 0.4) is 0 Å². The summed E-state index contributed by atoms with van der Waals surface area (Å²) in [4.78, 5) is 101. The summed E-state index contributed by atoms with van der Waals surface area (Å²) in [5.74, 6) is -7.91. The molecule has 222 valence electrons. The fraction of sp³-hybridized carbons (Fsp3) is 0.296. The Balaban J connectivity index is 0.000000428. The van der Waals surface area contributed by atoms with Gasteiger partial charge in [-0.25, -0.2) is 14.4 Å². The highest BCUT2D eigenvalue weighted by Gasteiger charge is 2.43. The summed E-state index contributed by atoms with van der Waals surface area (Å²) >= 11 is 0. The topological polar surface area (TPSA) is 237 Å². The lowest BCUT2D eigenvalue weighted by molar-refractivity contribution is -0.149. The number of hydrogen-bond acceptors (Lipinski definition) is 13. The molecule has 0 aliphatic rings. The van der Waals surface area contributed by atoms with Crippen LogP contribution in [0.4, 0.5) is 0 Å². The molecule has 2 aromatic carbocycles. The van der Waals surface area contributed by atoms with E-state index >= 15 is 0 Å². The van der Waals surface area contributed by atoms with E-state index in [4.69, 9.17) is 14.9 Å². The Kier molecular flexibility index (Phi) is 12.2. The number of carboxylic acid groups (broad SMARTS) is 2. The van der Waals surface area contributed by atoms with Crippen LogP contribution >= 0.6 is 0 Å². The summed E-state index contributed by atoms with van der Waals surface area (Å²) in [6.07, 6.45) is -0.881. The third-order valence-electron chi connectivity index (χ3n) is 5.64. The fourth-order valence-electron chi connectivity index (χ4n) is 3.13. The molecule has 0 amide bonds. The zero-order valence-corrected chi connectivity index (χ0v) is 22.8. The number of esters is 2. The number of ether oxygens (including phenoxy) is 2. The molecular formula is C27H26N2O13. The van der Waals surface area contributed by atoms with Crippen LogP contribution in [0.2, 0.25) is 0 Å². The molecule has 15 nitrogen and oxygen atoms in total. The van der Waals surface area contributed by atoms with Crippen LogP contribution < -0.4 is 9.47 Å². The quantitative estimate of drug-likeness (QED) is 0.113. The number of benzene rings is 2. The monoisotopic (exact) mass is 586 g/mol. The summed E-state index contributed by atoms with van der Waals surface area (Å²) in [7, 11) is 0. The van der Waals surface area contributed by atoms with Gasteiger partial charge in [0.1, 0.15) is 22.6 Å². The molecule has 0 aliphatic carbocycles. The Morgan fingerprint density at radius 2 is 1.14 bits per heavy atom. The molecule has 0 spiro atoms. The number of nitrogens with zero attached hydrogens (tertiary/aromatic N) is 2. The zero-order valence-electron chi connectivity index (χ0n) is 22.8. The van der Waals surface area contributed by atoms with E-state index in [9.17, 15) is 43.4 Å². The number of rotatable bonds is 13. The Labute approximate surface area is 237 Å². The lowest BCUT2D eigenvalue weighted by atomic mass is 9.86. The number of carboxylic acids is 2. The predicted molar refractivity (Wildman–Crippen MR) is 142 cm³/mol. The van der Waals surface area contributed by atoms with E-state index in [-0.39, 0.29) is 22.6 Å². The maximum absolute atomic E-state index is 11.8. The molecule has 0 atom stereocenters. The number of Topliss-reactive ketones (excluding diaryl/α,β-unsaturated/α-hetero) is 3. The number of aromatic carboxylic acids is 2. The largest absolute Gasteiger partial charge is 0.478 e. The first-order chi connectivity index (χ1) is 19.5. The van der Waals surface area contributed by atoms with Gasteiger partial charge >= 0.3 is 23.9 Å². The minimum absolute atomic E-state index is 0.166. The average molecular weight is 587 g/mol. The third kappa shape index (κ3) is 8.77. The van der Waals surface area contributed by atoms with E-state index in [1.807, 2.05) is 0 Å². The molecule has 0 radical (unpaired) electrons. The Morgan fingerprint density at radius 1 is 0.714 bits per heavy atom. The fourth-order valence-corrected chi connectivity index (χ4v) is 3.13. The van der Waals surface area contributed by atoms with Gasteiger partial charge in [0.05, 0.1) is 0 Å². The molecule has 0 fully saturated rings. The van der Waals surface area contributed by atoms with Gasteiger partial charge in [0.15, 0.2) is 17.1 Å². The minimum atomic E-state index is -2.12. The van der Waals surface area contributed by atoms with Crippen molar-refractivity contribution in [2.24, 2.45) is 10.4 Å². The van der Waals surface area contributed by atoms with E-state index in [2.05, 4.69) is 15.1 Å². The molecule has 0 unspecified atom stereocenters. The van der Waals surface area contributed by atoms with Crippen LogP contribution in [0.25, 0.3) is 0 Å². The van der Waals surface area contributed by atoms with Crippen LogP contribution in [0, 0.1) is 9.81 Å². The molecular weight excluding hydrogens is 560 g/mol. The molecule has 0 bridgehead atoms. The molecule has 0 aliphatic heterocycles. The van der Waals surface area contributed by atoms with Gasteiger partial charge in [-0.05, 0) is 57.1 Å². The van der Waals surface area contributed by atoms with Gasteiger partial charge < -0.3 is 19.7 Å². The zero-order chi connectivity index (χ0) is 32.3. The normalized spacial score (nSPS) is 10.7. The van der Waals surface area contributed by atoms with Crippen molar-refractivity contribution in [3.8, 4) is 11.5 Å². The van der Waals surface area contributed by atoms with E-state index in [1.54, 1.807) is 0 Å². The van der Waals surface area contributed by atoms with Crippen LogP contribution in [0.1, 0.15) is 61.3 Å². The van der Waals surface area contributed by atoms with Crippen LogP contribution in [0.5, 0.6) is 11.5 Å². The van der Waals surface area contributed by atoms with Crippen molar-refractivity contribution in [2.75, 3.05) is 0 Å². The number of carbonyl (C=O) groups is 7. The molecule has 2 N–H and O–H groups in total. The summed E-state index contributed by atoms with van der Waals surface area (Å²) in [6, 6.07) is 10.8. The Morgan fingerprint density at radius 3 is 1.52 bits per heavy atom. The van der Waals surface area contributed by atoms with Gasteiger partial charge in [-0.3, -0.25) is 19.2 Å². The van der Waals surface area contributed by atoms with E-state index < -0.39 is 65.1 Å². The molecule has 42 heavy (non-hydrogen) atoms. The summed E-state index contributed by atoms with van der Waals surface area (Å²) < 4.78 is 9.61. The van der Waals surface area contributed by atoms with Crippen molar-refractivity contribution in [3.05, 3.63) is 69.5 Å². The average Bonchev–Trinajstić information content (AvgIpc) is 2.93. The van der Waals surface area contributed by atoms with Crippen molar-refractivity contribution < 1.29 is 53.2 Å². The van der Waals surface area contributed by atoms with Crippen LogP contribution in [-0.2, 0) is 24.0 Å². The first kappa shape index (κ1) is 34.6. The summed E-state index contributed by atoms with van der Waals surface area (Å²) in [5, 5.41) is 23.0. The first-order valence-electron chi connectivity index (χ1n) is 11.9. The highest BCUT2D eigenvalue weighted by atomic mass is 16.5. The van der Waals surface area contributed by atoms with E-state index in [0.29, 0.717) is 0 Å². The van der Waals surface area contributed by atoms with Gasteiger partial charge in [0, 0.05) is 12.8 Å². The SMILES string of the molecule is CC(=O)C(CCC(=O)Oc1ccccc1C(=O)O)(N=O)C(C)=O.CC(C)(N=O)C(=O)C(=O)Oc1ccccc1C(=O)O. The number of nitroso groups, excluding NO2 is 2. The molecule has 2 rings (SSSR count). The first-order valence-corrected chi connectivity index (χ1v) is 11.9. The van der Waals surface area contributed by atoms with Crippen LogP contribution in [-0.4, -0.2) is 62.5 Å². The maximum atomic E-state index is 11.8. The standard InChI is InChI=1S/C15H15NO7.C12H11NO6/c1-9(17)15(16-22,10(2)18)8-7-13(19)23-12-6-4-3-5-11(12)14(20)21;1-12(2,13-18)9(14)11(17)19-8-6-4-3-5-7(8)10(15)16/h3-6H,7-8H2,1-2H3,(H,20,21);3-6H,1-2H3,(H,15,16). The lowest BCUT2D eigenvalue weighted by Gasteiger charge is -2.19. The molecule has 0 aromatic heterocycles. The number of hydrogen-bond donors (Lipinski definition) is 2. The third-order valence-corrected chi connectivity index (χ3v) is 5.64. The minimum Gasteiger partial charge on any atom is -0.478 e. The maximum Gasteiger partial charge on any atom is 0.382 e. The van der Waals surface area contributed by atoms with Gasteiger partial charge in [0.25, 0.3) is 5.78 Å². The molecule has 0 saturated carbocycles. The highest BCUT2D eigenvalue weighted by molar-refractivity contribution is 6.37. The van der Waals surface area contributed by atoms with Crippen molar-refractivity contribution in [1.29, 1.82) is 0 Å². The summed E-state index contributed by atoms with van der Waals surface area (Å²) in [6.45, 7) is 4.39. The van der Waals surface area contributed by atoms with Crippen molar-refractivity contribution in [2.45, 2.75) is 51.6 Å². The number of carbonyl (C=O) groups excluding carboxylic acids is 5. The Hall–Kier alpha value is -5.47. The van der Waals surface area contributed by atoms with Crippen LogP contribution in [0.15, 0.2) is 58.9 Å². The second-order valence-electron chi connectivity index (χ2n) is 9.01. The number of ketones is 3.